The van der Waals surface area contributed by atoms with Gasteiger partial charge in [0, 0.05) is 20.3 Å². The monoisotopic (exact) mass is 185 g/mol. The molecule has 2 N–H and O–H groups in total. The zero-order chi connectivity index (χ0) is 10.0. The van der Waals surface area contributed by atoms with Gasteiger partial charge in [0.05, 0.1) is 12.1 Å². The smallest absolute Gasteiger partial charge is 0.316 e. The minimum Gasteiger partial charge on any atom is -0.316 e. The van der Waals surface area contributed by atoms with E-state index in [0.29, 0.717) is 5.56 Å². The molecule has 0 atom stereocenters. The van der Waals surface area contributed by atoms with E-state index in [1.807, 2.05) is 5.48 Å². The lowest BCUT2D eigenvalue weighted by atomic mass is 10.3. The molecule has 1 aromatic rings. The van der Waals surface area contributed by atoms with Gasteiger partial charge in [0.15, 0.2) is 0 Å². The van der Waals surface area contributed by atoms with Crippen molar-refractivity contribution < 1.29 is 5.21 Å². The number of aromatic nitrogens is 2. The van der Waals surface area contributed by atoms with E-state index in [4.69, 9.17) is 5.21 Å². The van der Waals surface area contributed by atoms with Crippen LogP contribution >= 0.6 is 0 Å². The first-order valence-electron chi connectivity index (χ1n) is 3.70. The average molecular weight is 185 g/mol. The predicted molar refractivity (Wildman–Crippen MR) is 45.6 cm³/mol. The second-order valence-electron chi connectivity index (χ2n) is 2.75. The van der Waals surface area contributed by atoms with Crippen LogP contribution in [0.25, 0.3) is 0 Å². The number of aryl methyl sites for hydroxylation is 1. The summed E-state index contributed by atoms with van der Waals surface area (Å²) in [5.74, 6) is 0. The van der Waals surface area contributed by atoms with Gasteiger partial charge in [0.25, 0.3) is 5.56 Å². The summed E-state index contributed by atoms with van der Waals surface area (Å²) in [6.07, 6.45) is 1.40. The van der Waals surface area contributed by atoms with Crippen molar-refractivity contribution in [2.75, 3.05) is 0 Å². The molecule has 0 saturated carbocycles. The van der Waals surface area contributed by atoms with Crippen LogP contribution in [-0.2, 0) is 20.6 Å². The molecule has 1 aromatic heterocycles. The van der Waals surface area contributed by atoms with Crippen LogP contribution in [0.5, 0.6) is 0 Å². The second-order valence-corrected chi connectivity index (χ2v) is 2.75. The van der Waals surface area contributed by atoms with E-state index < -0.39 is 5.56 Å². The Bertz CT molecular complexity index is 418. The Morgan fingerprint density at radius 1 is 1.46 bits per heavy atom. The van der Waals surface area contributed by atoms with Gasteiger partial charge in [0.2, 0.25) is 0 Å². The number of rotatable bonds is 2. The molecule has 0 saturated heterocycles. The fraction of sp³-hybridized carbons (Fsp3) is 0.429. The summed E-state index contributed by atoms with van der Waals surface area (Å²) in [7, 11) is 2.94. The molecule has 0 fully saturated rings. The fourth-order valence-electron chi connectivity index (χ4n) is 1.09. The van der Waals surface area contributed by atoms with Gasteiger partial charge in [-0.3, -0.25) is 9.36 Å². The summed E-state index contributed by atoms with van der Waals surface area (Å²) in [6, 6.07) is 0. The highest BCUT2D eigenvalue weighted by atomic mass is 16.5. The fourth-order valence-corrected chi connectivity index (χ4v) is 1.09. The molecule has 6 nitrogen and oxygen atoms in total. The van der Waals surface area contributed by atoms with Crippen LogP contribution in [0.15, 0.2) is 15.8 Å². The molecular formula is C7H11N3O3. The number of nitrogens with one attached hydrogen (secondary N) is 1. The topological polar surface area (TPSA) is 76.3 Å². The van der Waals surface area contributed by atoms with Crippen LogP contribution in [0.1, 0.15) is 5.56 Å². The predicted octanol–water partition coefficient (Wildman–Crippen LogP) is -1.44. The number of hydrogen-bond acceptors (Lipinski definition) is 4. The number of hydroxylamine groups is 1. The van der Waals surface area contributed by atoms with E-state index in [1.165, 1.54) is 17.8 Å². The lowest BCUT2D eigenvalue weighted by Gasteiger charge is -2.04. The van der Waals surface area contributed by atoms with Gasteiger partial charge in [-0.05, 0) is 0 Å². The van der Waals surface area contributed by atoms with Crippen molar-refractivity contribution in [1.82, 2.24) is 14.6 Å². The molecule has 0 aliphatic carbocycles. The maximum absolute atomic E-state index is 11.3. The molecule has 0 aliphatic heterocycles. The van der Waals surface area contributed by atoms with Crippen molar-refractivity contribution in [2.45, 2.75) is 6.54 Å². The van der Waals surface area contributed by atoms with E-state index in [1.54, 1.807) is 7.05 Å². The van der Waals surface area contributed by atoms with Crippen molar-refractivity contribution in [3.63, 3.8) is 0 Å². The maximum atomic E-state index is 11.3. The van der Waals surface area contributed by atoms with E-state index in [0.717, 1.165) is 4.57 Å². The first-order chi connectivity index (χ1) is 6.07. The minimum absolute atomic E-state index is 0.0286. The average Bonchev–Trinajstić information content (AvgIpc) is 2.11. The zero-order valence-corrected chi connectivity index (χ0v) is 7.44. The summed E-state index contributed by atoms with van der Waals surface area (Å²) in [5.41, 5.74) is 1.43. The Labute approximate surface area is 74.0 Å². The molecule has 0 aromatic carbocycles. The standard InChI is InChI=1S/C7H11N3O3/c1-9-4-5(3-8-13)6(11)10(2)7(9)12/h4,8,13H,3H2,1-2H3. The quantitative estimate of drug-likeness (QED) is 0.553. The van der Waals surface area contributed by atoms with Crippen molar-refractivity contribution in [3.8, 4) is 0 Å². The summed E-state index contributed by atoms with van der Waals surface area (Å²) in [6.45, 7) is 0.0286. The largest absolute Gasteiger partial charge is 0.330 e. The molecule has 0 aliphatic rings. The van der Waals surface area contributed by atoms with Gasteiger partial charge in [-0.15, -0.1) is 0 Å². The SMILES string of the molecule is Cn1cc(CNO)c(=O)n(C)c1=O. The second kappa shape index (κ2) is 3.55. The van der Waals surface area contributed by atoms with Gasteiger partial charge in [0.1, 0.15) is 0 Å². The van der Waals surface area contributed by atoms with Crippen molar-refractivity contribution in [1.29, 1.82) is 0 Å². The van der Waals surface area contributed by atoms with E-state index in [2.05, 4.69) is 0 Å². The summed E-state index contributed by atoms with van der Waals surface area (Å²) in [4.78, 5) is 22.5. The van der Waals surface area contributed by atoms with E-state index in [9.17, 15) is 9.59 Å². The Morgan fingerprint density at radius 3 is 2.62 bits per heavy atom. The lowest BCUT2D eigenvalue weighted by Crippen LogP contribution is -2.39. The van der Waals surface area contributed by atoms with Gasteiger partial charge < -0.3 is 9.77 Å². The van der Waals surface area contributed by atoms with E-state index >= 15 is 0 Å². The molecule has 0 unspecified atom stereocenters. The molecule has 72 valence electrons. The summed E-state index contributed by atoms with van der Waals surface area (Å²) < 4.78 is 2.28. The molecule has 0 amide bonds. The molecule has 1 rings (SSSR count). The molecule has 0 bridgehead atoms. The summed E-state index contributed by atoms with van der Waals surface area (Å²) in [5, 5.41) is 8.41. The third kappa shape index (κ3) is 1.68. The third-order valence-corrected chi connectivity index (χ3v) is 1.79. The highest BCUT2D eigenvalue weighted by molar-refractivity contribution is 5.04. The van der Waals surface area contributed by atoms with Crippen molar-refractivity contribution in [3.05, 3.63) is 32.6 Å². The van der Waals surface area contributed by atoms with Crippen molar-refractivity contribution in [2.24, 2.45) is 14.1 Å². The van der Waals surface area contributed by atoms with Gasteiger partial charge >= 0.3 is 5.69 Å². The highest BCUT2D eigenvalue weighted by Gasteiger charge is 2.04. The minimum atomic E-state index is -0.398. The Morgan fingerprint density at radius 2 is 2.08 bits per heavy atom. The van der Waals surface area contributed by atoms with Crippen molar-refractivity contribution >= 4 is 0 Å². The van der Waals surface area contributed by atoms with Crippen LogP contribution in [0.4, 0.5) is 0 Å². The summed E-state index contributed by atoms with van der Waals surface area (Å²) >= 11 is 0. The number of hydrogen-bond donors (Lipinski definition) is 2. The molecule has 6 heteroatoms. The molecule has 1 heterocycles. The Balaban J connectivity index is 3.42. The van der Waals surface area contributed by atoms with E-state index in [-0.39, 0.29) is 12.2 Å². The Kier molecular flexibility index (Phi) is 2.64. The first-order valence-corrected chi connectivity index (χ1v) is 3.70. The van der Waals surface area contributed by atoms with Crippen LogP contribution in [0.2, 0.25) is 0 Å². The van der Waals surface area contributed by atoms with Crippen LogP contribution in [0, 0.1) is 0 Å². The first kappa shape index (κ1) is 9.69. The third-order valence-electron chi connectivity index (χ3n) is 1.79. The number of nitrogens with zero attached hydrogens (tertiary/aromatic N) is 2. The molecule has 0 spiro atoms. The molecule has 0 radical (unpaired) electrons. The lowest BCUT2D eigenvalue weighted by molar-refractivity contribution is 0.160. The molecular weight excluding hydrogens is 174 g/mol. The normalized spacial score (nSPS) is 10.4. The van der Waals surface area contributed by atoms with Gasteiger partial charge in [-0.25, -0.2) is 10.3 Å². The zero-order valence-electron chi connectivity index (χ0n) is 7.44. The van der Waals surface area contributed by atoms with Crippen LogP contribution in [-0.4, -0.2) is 14.3 Å². The van der Waals surface area contributed by atoms with Crippen LogP contribution < -0.4 is 16.7 Å². The highest BCUT2D eigenvalue weighted by Crippen LogP contribution is 1.85. The Hall–Kier alpha value is -1.40. The maximum Gasteiger partial charge on any atom is 0.330 e. The van der Waals surface area contributed by atoms with Crippen LogP contribution in [0.3, 0.4) is 0 Å². The van der Waals surface area contributed by atoms with Gasteiger partial charge in [-0.1, -0.05) is 0 Å². The van der Waals surface area contributed by atoms with Gasteiger partial charge in [-0.2, -0.15) is 0 Å². The molecule has 13 heavy (non-hydrogen) atoms.